The van der Waals surface area contributed by atoms with Crippen molar-refractivity contribution in [1.82, 2.24) is 10.7 Å². The molecule has 1 amide bonds. The van der Waals surface area contributed by atoms with Crippen molar-refractivity contribution in [2.24, 2.45) is 11.8 Å². The first-order valence-electron chi connectivity index (χ1n) is 8.63. The molecule has 1 aromatic rings. The van der Waals surface area contributed by atoms with Crippen LogP contribution in [0.25, 0.3) is 0 Å². The first-order valence-corrected chi connectivity index (χ1v) is 8.63. The lowest BCUT2D eigenvalue weighted by Gasteiger charge is -2.34. The van der Waals surface area contributed by atoms with Gasteiger partial charge in [-0.15, -0.1) is 0 Å². The number of benzene rings is 1. The molecule has 2 fully saturated rings. The summed E-state index contributed by atoms with van der Waals surface area (Å²) in [5.74, 6) is -1.85. The highest BCUT2D eigenvalue weighted by Gasteiger charge is 2.52. The van der Waals surface area contributed by atoms with Crippen LogP contribution in [-0.4, -0.2) is 36.5 Å². The van der Waals surface area contributed by atoms with Crippen LogP contribution in [-0.2, 0) is 19.1 Å². The second kappa shape index (κ2) is 7.33. The second-order valence-electron chi connectivity index (χ2n) is 6.40. The second-order valence-corrected chi connectivity index (χ2v) is 6.40. The van der Waals surface area contributed by atoms with Crippen LogP contribution in [0.1, 0.15) is 26.7 Å². The maximum absolute atomic E-state index is 12.9. The average molecular weight is 345 g/mol. The zero-order chi connectivity index (χ0) is 18.0. The fraction of sp³-hybridized carbons (Fsp3) is 0.500. The van der Waals surface area contributed by atoms with Gasteiger partial charge in [-0.1, -0.05) is 18.2 Å². The van der Waals surface area contributed by atoms with Crippen molar-refractivity contribution in [3.05, 3.63) is 30.3 Å². The Bertz CT molecular complexity index is 664. The lowest BCUT2D eigenvalue weighted by atomic mass is 9.79. The van der Waals surface area contributed by atoms with Crippen LogP contribution < -0.4 is 15.8 Å². The number of Topliss-reactive ketones (excluding diaryl/α,β-unsaturated/α-hetero) is 1. The van der Waals surface area contributed by atoms with Gasteiger partial charge in [0.05, 0.1) is 18.5 Å². The van der Waals surface area contributed by atoms with Crippen LogP contribution in [0.5, 0.6) is 0 Å². The minimum absolute atomic E-state index is 0.114. The molecular weight excluding hydrogens is 322 g/mol. The SMILES string of the molecule is CCOC(=O)CCC1C(=O)C2C(=O)N(c3ccccc3)NC2NC1C. The van der Waals surface area contributed by atoms with Crippen LogP contribution in [0.15, 0.2) is 30.3 Å². The minimum Gasteiger partial charge on any atom is -0.466 e. The number of fused-ring (bicyclic) bond motifs is 1. The van der Waals surface area contributed by atoms with Crippen molar-refractivity contribution in [3.63, 3.8) is 0 Å². The molecule has 2 N–H and O–H groups in total. The number of piperidine rings is 1. The third-order valence-electron chi connectivity index (χ3n) is 4.79. The van der Waals surface area contributed by atoms with E-state index in [0.717, 1.165) is 0 Å². The van der Waals surface area contributed by atoms with E-state index in [1.54, 1.807) is 6.92 Å². The first-order chi connectivity index (χ1) is 12.0. The first kappa shape index (κ1) is 17.6. The van der Waals surface area contributed by atoms with E-state index in [-0.39, 0.29) is 36.0 Å². The number of esters is 1. The minimum atomic E-state index is -0.774. The van der Waals surface area contributed by atoms with Crippen LogP contribution in [0, 0.1) is 11.8 Å². The smallest absolute Gasteiger partial charge is 0.305 e. The van der Waals surface area contributed by atoms with Gasteiger partial charge in [-0.2, -0.15) is 0 Å². The van der Waals surface area contributed by atoms with Crippen LogP contribution in [0.2, 0.25) is 0 Å². The molecule has 4 atom stereocenters. The van der Waals surface area contributed by atoms with Gasteiger partial charge < -0.3 is 4.74 Å². The zero-order valence-corrected chi connectivity index (χ0v) is 14.4. The van der Waals surface area contributed by atoms with E-state index < -0.39 is 12.1 Å². The van der Waals surface area contributed by atoms with E-state index in [1.807, 2.05) is 37.3 Å². The van der Waals surface area contributed by atoms with Crippen molar-refractivity contribution in [2.45, 2.75) is 38.9 Å². The fourth-order valence-corrected chi connectivity index (χ4v) is 3.53. The van der Waals surface area contributed by atoms with Crippen LogP contribution in [0.4, 0.5) is 5.69 Å². The third-order valence-corrected chi connectivity index (χ3v) is 4.79. The number of hydrazine groups is 1. The van der Waals surface area contributed by atoms with Gasteiger partial charge in [-0.25, -0.2) is 10.4 Å². The number of carbonyl (C=O) groups is 3. The normalized spacial score (nSPS) is 28.8. The number of anilines is 1. The summed E-state index contributed by atoms with van der Waals surface area (Å²) in [5, 5.41) is 4.73. The zero-order valence-electron chi connectivity index (χ0n) is 14.4. The van der Waals surface area contributed by atoms with E-state index in [0.29, 0.717) is 18.7 Å². The van der Waals surface area contributed by atoms with E-state index in [4.69, 9.17) is 4.74 Å². The molecule has 7 nitrogen and oxygen atoms in total. The molecule has 2 saturated heterocycles. The molecule has 0 spiro atoms. The fourth-order valence-electron chi connectivity index (χ4n) is 3.53. The van der Waals surface area contributed by atoms with Crippen molar-refractivity contribution in [2.75, 3.05) is 11.6 Å². The molecule has 4 unspecified atom stereocenters. The maximum atomic E-state index is 12.9. The molecule has 2 aliphatic heterocycles. The van der Waals surface area contributed by atoms with E-state index in [2.05, 4.69) is 10.7 Å². The topological polar surface area (TPSA) is 87.7 Å². The van der Waals surface area contributed by atoms with Gasteiger partial charge in [-0.05, 0) is 32.4 Å². The third kappa shape index (κ3) is 3.43. The molecule has 2 aliphatic rings. The van der Waals surface area contributed by atoms with Crippen molar-refractivity contribution in [3.8, 4) is 0 Å². The standard InChI is InChI=1S/C18H23N3O4/c1-3-25-14(22)10-9-13-11(2)19-17-15(16(13)23)18(24)21(20-17)12-7-5-4-6-8-12/h4-8,11,13,15,17,19-20H,3,9-10H2,1-2H3. The summed E-state index contributed by atoms with van der Waals surface area (Å²) in [5.41, 5.74) is 3.79. The monoisotopic (exact) mass is 345 g/mol. The molecule has 7 heteroatoms. The largest absolute Gasteiger partial charge is 0.466 e. The molecule has 1 aromatic carbocycles. The Morgan fingerprint density at radius 2 is 1.96 bits per heavy atom. The van der Waals surface area contributed by atoms with E-state index >= 15 is 0 Å². The Hall–Kier alpha value is -2.25. The van der Waals surface area contributed by atoms with E-state index in [9.17, 15) is 14.4 Å². The highest BCUT2D eigenvalue weighted by Crippen LogP contribution is 2.31. The van der Waals surface area contributed by atoms with Gasteiger partial charge in [0, 0.05) is 18.4 Å². The summed E-state index contributed by atoms with van der Waals surface area (Å²) in [7, 11) is 0. The summed E-state index contributed by atoms with van der Waals surface area (Å²) in [6.07, 6.45) is 0.139. The molecule has 2 heterocycles. The van der Waals surface area contributed by atoms with Crippen molar-refractivity contribution in [1.29, 1.82) is 0 Å². The molecule has 3 rings (SSSR count). The predicted molar refractivity (Wildman–Crippen MR) is 91.3 cm³/mol. The Labute approximate surface area is 146 Å². The summed E-state index contributed by atoms with van der Waals surface area (Å²) < 4.78 is 4.93. The van der Waals surface area contributed by atoms with Gasteiger partial charge in [0.1, 0.15) is 5.92 Å². The van der Waals surface area contributed by atoms with Gasteiger partial charge in [0.2, 0.25) is 0 Å². The summed E-state index contributed by atoms with van der Waals surface area (Å²) in [6, 6.07) is 9.05. The molecule has 134 valence electrons. The van der Waals surface area contributed by atoms with Gasteiger partial charge in [0.25, 0.3) is 5.91 Å². The number of para-hydroxylation sites is 1. The number of nitrogens with zero attached hydrogens (tertiary/aromatic N) is 1. The highest BCUT2D eigenvalue weighted by atomic mass is 16.5. The number of amides is 1. The lowest BCUT2D eigenvalue weighted by molar-refractivity contribution is -0.144. The summed E-state index contributed by atoms with van der Waals surface area (Å²) >= 11 is 0. The van der Waals surface area contributed by atoms with Gasteiger partial charge in [0.15, 0.2) is 5.78 Å². The Balaban J connectivity index is 1.72. The average Bonchev–Trinajstić information content (AvgIpc) is 2.92. The molecule has 0 aliphatic carbocycles. The Kier molecular flexibility index (Phi) is 5.15. The number of carbonyl (C=O) groups excluding carboxylic acids is 3. The molecule has 0 bridgehead atoms. The number of rotatable bonds is 5. The van der Waals surface area contributed by atoms with Crippen LogP contribution >= 0.6 is 0 Å². The molecular formula is C18H23N3O4. The quantitative estimate of drug-likeness (QED) is 0.611. The molecule has 0 radical (unpaired) electrons. The van der Waals surface area contributed by atoms with Gasteiger partial charge >= 0.3 is 5.97 Å². The number of nitrogens with one attached hydrogen (secondary N) is 2. The molecule has 0 saturated carbocycles. The van der Waals surface area contributed by atoms with E-state index in [1.165, 1.54) is 5.01 Å². The Morgan fingerprint density at radius 1 is 1.24 bits per heavy atom. The number of ketones is 1. The van der Waals surface area contributed by atoms with Crippen molar-refractivity contribution < 1.29 is 19.1 Å². The van der Waals surface area contributed by atoms with Crippen molar-refractivity contribution >= 4 is 23.3 Å². The number of hydrogen-bond donors (Lipinski definition) is 2. The molecule has 0 aromatic heterocycles. The maximum Gasteiger partial charge on any atom is 0.305 e. The van der Waals surface area contributed by atoms with Gasteiger partial charge in [-0.3, -0.25) is 19.7 Å². The summed E-state index contributed by atoms with van der Waals surface area (Å²) in [6.45, 7) is 3.98. The lowest BCUT2D eigenvalue weighted by Crippen LogP contribution is -2.59. The summed E-state index contributed by atoms with van der Waals surface area (Å²) in [4.78, 5) is 37.2. The predicted octanol–water partition coefficient (Wildman–Crippen LogP) is 1.00. The number of ether oxygens (including phenoxy) is 1. The Morgan fingerprint density at radius 3 is 2.64 bits per heavy atom. The van der Waals surface area contributed by atoms with Crippen LogP contribution in [0.3, 0.4) is 0 Å². The number of hydrogen-bond acceptors (Lipinski definition) is 6. The highest BCUT2D eigenvalue weighted by molar-refractivity contribution is 6.11. The molecule has 25 heavy (non-hydrogen) atoms.